The first-order valence-electron chi connectivity index (χ1n) is 8.65. The van der Waals surface area contributed by atoms with Gasteiger partial charge in [0.05, 0.1) is 12.7 Å². The van der Waals surface area contributed by atoms with Crippen LogP contribution >= 0.6 is 22.9 Å². The molecule has 3 atom stereocenters. The van der Waals surface area contributed by atoms with Crippen LogP contribution in [0.25, 0.3) is 0 Å². The third-order valence-corrected chi connectivity index (χ3v) is 7.83. The number of halogens is 1. The lowest BCUT2D eigenvalue weighted by molar-refractivity contribution is 0.464. The SMILES string of the molecule is O=[S+](O)(NCC1C=CC=C2C=CC=CC21)c1cc(Cl)c(Oc2cccnc2)s1. The van der Waals surface area contributed by atoms with E-state index < -0.39 is 10.4 Å². The Labute approximate surface area is 173 Å². The zero-order valence-electron chi connectivity index (χ0n) is 14.7. The number of aromatic nitrogens is 1. The molecule has 3 unspecified atom stereocenters. The van der Waals surface area contributed by atoms with E-state index in [1.54, 1.807) is 24.5 Å². The van der Waals surface area contributed by atoms with Crippen LogP contribution in [-0.4, -0.2) is 16.1 Å². The smallest absolute Gasteiger partial charge is 0.333 e. The van der Waals surface area contributed by atoms with Crippen molar-refractivity contribution in [2.24, 2.45) is 11.8 Å². The fourth-order valence-electron chi connectivity index (χ4n) is 3.09. The average molecular weight is 434 g/mol. The number of rotatable bonds is 6. The van der Waals surface area contributed by atoms with Gasteiger partial charge in [-0.3, -0.25) is 4.98 Å². The number of nitrogens with zero attached hydrogens (tertiary/aromatic N) is 1. The summed E-state index contributed by atoms with van der Waals surface area (Å²) < 4.78 is 32.1. The van der Waals surface area contributed by atoms with Crippen molar-refractivity contribution in [1.29, 1.82) is 0 Å². The Kier molecular flexibility index (Phi) is 5.61. The first kappa shape index (κ1) is 19.3. The molecule has 28 heavy (non-hydrogen) atoms. The molecule has 0 aliphatic heterocycles. The Morgan fingerprint density at radius 3 is 3.04 bits per heavy atom. The second kappa shape index (κ2) is 8.14. The number of thiophene rings is 1. The average Bonchev–Trinajstić information content (AvgIpc) is 3.08. The quantitative estimate of drug-likeness (QED) is 0.608. The van der Waals surface area contributed by atoms with Crippen LogP contribution in [0.3, 0.4) is 0 Å². The number of hydrogen-bond donors (Lipinski definition) is 2. The molecule has 2 aromatic heterocycles. The van der Waals surface area contributed by atoms with Crippen LogP contribution in [0.15, 0.2) is 82.9 Å². The van der Waals surface area contributed by atoms with E-state index in [0.29, 0.717) is 17.4 Å². The summed E-state index contributed by atoms with van der Waals surface area (Å²) in [6.45, 7) is 0.361. The second-order valence-electron chi connectivity index (χ2n) is 6.35. The summed E-state index contributed by atoms with van der Waals surface area (Å²) in [6, 6.07) is 4.95. The highest BCUT2D eigenvalue weighted by molar-refractivity contribution is 7.97. The molecule has 8 heteroatoms. The zero-order valence-corrected chi connectivity index (χ0v) is 17.1. The first-order valence-corrected chi connectivity index (χ1v) is 11.4. The van der Waals surface area contributed by atoms with Gasteiger partial charge in [-0.05, 0) is 33.3 Å². The van der Waals surface area contributed by atoms with E-state index >= 15 is 0 Å². The first-order chi connectivity index (χ1) is 13.5. The highest BCUT2D eigenvalue weighted by atomic mass is 35.5. The minimum Gasteiger partial charge on any atom is -0.443 e. The monoisotopic (exact) mass is 433 g/mol. The zero-order chi connectivity index (χ0) is 19.6. The summed E-state index contributed by atoms with van der Waals surface area (Å²) in [5.41, 5.74) is 1.20. The Bertz CT molecular complexity index is 1030. The molecular weight excluding hydrogens is 416 g/mol. The lowest BCUT2D eigenvalue weighted by Crippen LogP contribution is -2.36. The summed E-state index contributed by atoms with van der Waals surface area (Å²) in [5.74, 6) is 0.809. The molecule has 2 heterocycles. The van der Waals surface area contributed by atoms with Gasteiger partial charge in [-0.2, -0.15) is 4.55 Å². The predicted octanol–water partition coefficient (Wildman–Crippen LogP) is 5.28. The highest BCUT2D eigenvalue weighted by Gasteiger charge is 2.35. The maximum Gasteiger partial charge on any atom is 0.333 e. The van der Waals surface area contributed by atoms with E-state index in [1.165, 1.54) is 11.6 Å². The van der Waals surface area contributed by atoms with Gasteiger partial charge in [0.15, 0.2) is 0 Å². The van der Waals surface area contributed by atoms with Gasteiger partial charge in [-0.15, -0.1) is 4.72 Å². The van der Waals surface area contributed by atoms with Gasteiger partial charge >= 0.3 is 10.4 Å². The Morgan fingerprint density at radius 2 is 2.21 bits per heavy atom. The summed E-state index contributed by atoms with van der Waals surface area (Å²) in [5, 5.41) is 0.645. The van der Waals surface area contributed by atoms with E-state index in [4.69, 9.17) is 16.3 Å². The van der Waals surface area contributed by atoms with Gasteiger partial charge in [-0.25, -0.2) is 0 Å². The standard InChI is InChI=1S/C20H17ClN2O3S2/c21-18-11-19(27-20(18)26-16-8-4-10-22-13-16)28(24,25)23-12-15-7-3-6-14-5-1-2-9-17(14)15/h1-11,13,15,17H,12H2,(H-,23,24,25)/p+1. The number of pyridine rings is 1. The van der Waals surface area contributed by atoms with E-state index in [9.17, 15) is 8.76 Å². The highest BCUT2D eigenvalue weighted by Crippen LogP contribution is 2.41. The van der Waals surface area contributed by atoms with Crippen LogP contribution in [0.2, 0.25) is 5.02 Å². The van der Waals surface area contributed by atoms with E-state index in [0.717, 1.165) is 11.3 Å². The number of hydrogen-bond acceptors (Lipinski definition) is 4. The molecule has 2 aliphatic rings. The van der Waals surface area contributed by atoms with Crippen LogP contribution in [0, 0.1) is 11.8 Å². The topological polar surface area (TPSA) is 71.5 Å². The van der Waals surface area contributed by atoms with Gasteiger partial charge in [0.1, 0.15) is 10.8 Å². The summed E-state index contributed by atoms with van der Waals surface area (Å²) in [7, 11) is -3.45. The van der Waals surface area contributed by atoms with Crippen molar-refractivity contribution in [3.05, 3.63) is 83.7 Å². The van der Waals surface area contributed by atoms with Crippen LogP contribution in [0.4, 0.5) is 0 Å². The van der Waals surface area contributed by atoms with Crippen molar-refractivity contribution in [3.63, 3.8) is 0 Å². The molecule has 2 aromatic rings. The lowest BCUT2D eigenvalue weighted by Gasteiger charge is -2.26. The van der Waals surface area contributed by atoms with Crippen LogP contribution in [0.1, 0.15) is 0 Å². The Balaban J connectivity index is 1.45. The van der Waals surface area contributed by atoms with Crippen LogP contribution in [0.5, 0.6) is 10.8 Å². The fraction of sp³-hybridized carbons (Fsp3) is 0.150. The molecule has 2 aliphatic carbocycles. The molecule has 144 valence electrons. The number of fused-ring (bicyclic) bond motifs is 1. The second-order valence-corrected chi connectivity index (χ2v) is 9.81. The normalized spacial score (nSPS) is 22.4. The van der Waals surface area contributed by atoms with Gasteiger partial charge in [-0.1, -0.05) is 54.1 Å². The molecule has 4 rings (SSSR count). The number of ether oxygens (including phenoxy) is 1. The summed E-state index contributed by atoms with van der Waals surface area (Å²) in [4.78, 5) is 3.98. The van der Waals surface area contributed by atoms with Gasteiger partial charge in [0.25, 0.3) is 4.21 Å². The molecule has 0 fully saturated rings. The molecule has 0 radical (unpaired) electrons. The Morgan fingerprint density at radius 1 is 1.32 bits per heavy atom. The number of nitrogens with one attached hydrogen (secondary N) is 1. The summed E-state index contributed by atoms with van der Waals surface area (Å²) >= 11 is 7.25. The van der Waals surface area contributed by atoms with Gasteiger partial charge in [0.2, 0.25) is 5.06 Å². The van der Waals surface area contributed by atoms with Crippen LogP contribution in [-0.2, 0) is 14.6 Å². The van der Waals surface area contributed by atoms with Gasteiger partial charge < -0.3 is 4.74 Å². The molecule has 0 saturated carbocycles. The van der Waals surface area contributed by atoms with Crippen LogP contribution < -0.4 is 9.46 Å². The minimum atomic E-state index is -3.45. The molecule has 0 saturated heterocycles. The molecule has 0 spiro atoms. The third kappa shape index (κ3) is 4.19. The molecule has 0 aromatic carbocycles. The molecular formula is C20H18ClN2O3S2+. The largest absolute Gasteiger partial charge is 0.443 e. The molecule has 0 amide bonds. The minimum absolute atomic E-state index is 0.0933. The maximum absolute atomic E-state index is 12.9. The van der Waals surface area contributed by atoms with Crippen molar-refractivity contribution < 1.29 is 13.5 Å². The van der Waals surface area contributed by atoms with Crippen molar-refractivity contribution in [2.75, 3.05) is 6.54 Å². The van der Waals surface area contributed by atoms with Crippen molar-refractivity contribution in [3.8, 4) is 10.8 Å². The third-order valence-electron chi connectivity index (χ3n) is 4.48. The van der Waals surface area contributed by atoms with Crippen molar-refractivity contribution >= 4 is 33.3 Å². The number of allylic oxidation sites excluding steroid dienone is 7. The molecule has 0 bridgehead atoms. The van der Waals surface area contributed by atoms with E-state index in [2.05, 4.69) is 34.0 Å². The fourth-order valence-corrected chi connectivity index (χ4v) is 5.83. The lowest BCUT2D eigenvalue weighted by atomic mass is 9.80. The predicted molar refractivity (Wildman–Crippen MR) is 113 cm³/mol. The molecule has 2 N–H and O–H groups in total. The van der Waals surface area contributed by atoms with Crippen molar-refractivity contribution in [2.45, 2.75) is 4.21 Å². The van der Waals surface area contributed by atoms with Crippen molar-refractivity contribution in [1.82, 2.24) is 9.71 Å². The van der Waals surface area contributed by atoms with Gasteiger partial charge in [0, 0.05) is 24.1 Å². The Hall–Kier alpha value is -2.03. The maximum atomic E-state index is 12.9. The summed E-state index contributed by atoms with van der Waals surface area (Å²) in [6.07, 6.45) is 17.5. The van der Waals surface area contributed by atoms with E-state index in [1.807, 2.05) is 18.2 Å². The molecule has 5 nitrogen and oxygen atoms in total. The van der Waals surface area contributed by atoms with E-state index in [-0.39, 0.29) is 21.1 Å².